The molecule has 0 aromatic rings. The van der Waals surface area contributed by atoms with Crippen LogP contribution in [-0.2, 0) is 0 Å². The molecule has 72 valence electrons. The molecule has 1 aliphatic rings. The molecule has 0 radical (unpaired) electrons. The smallest absolute Gasteiger partial charge is 0.0621 e. The molecule has 2 heteroatoms. The van der Waals surface area contributed by atoms with E-state index in [4.69, 9.17) is 5.26 Å². The van der Waals surface area contributed by atoms with Crippen LogP contribution in [0.15, 0.2) is 12.2 Å². The van der Waals surface area contributed by atoms with Crippen LogP contribution in [0.3, 0.4) is 0 Å². The minimum absolute atomic E-state index is 0.573. The van der Waals surface area contributed by atoms with Gasteiger partial charge >= 0.3 is 0 Å². The second kappa shape index (κ2) is 5.77. The van der Waals surface area contributed by atoms with Crippen molar-refractivity contribution < 1.29 is 0 Å². The molecular weight excluding hydrogens is 160 g/mol. The predicted molar refractivity (Wildman–Crippen MR) is 54.2 cm³/mol. The lowest BCUT2D eigenvalue weighted by atomic mass is 9.90. The number of hydrogen-bond donors (Lipinski definition) is 1. The zero-order valence-corrected chi connectivity index (χ0v) is 8.29. The number of hydrogen-bond acceptors (Lipinski definition) is 2. The van der Waals surface area contributed by atoms with Crippen LogP contribution in [0.2, 0.25) is 0 Å². The van der Waals surface area contributed by atoms with Gasteiger partial charge in [0.15, 0.2) is 0 Å². The van der Waals surface area contributed by atoms with Crippen molar-refractivity contribution in [1.29, 1.82) is 5.26 Å². The summed E-state index contributed by atoms with van der Waals surface area (Å²) in [6.45, 7) is 3.17. The first-order chi connectivity index (χ1) is 6.36. The molecule has 0 spiro atoms. The summed E-state index contributed by atoms with van der Waals surface area (Å²) in [5.74, 6) is 0.648. The molecular formula is C11H18N2. The third-order valence-corrected chi connectivity index (χ3v) is 2.56. The van der Waals surface area contributed by atoms with Crippen molar-refractivity contribution in [3.05, 3.63) is 12.2 Å². The summed E-state index contributed by atoms with van der Waals surface area (Å²) in [4.78, 5) is 0. The van der Waals surface area contributed by atoms with Gasteiger partial charge < -0.3 is 5.32 Å². The summed E-state index contributed by atoms with van der Waals surface area (Å²) < 4.78 is 0. The predicted octanol–water partition coefficient (Wildman–Crippen LogP) is 2.23. The van der Waals surface area contributed by atoms with Gasteiger partial charge in [0, 0.05) is 12.5 Å². The van der Waals surface area contributed by atoms with Crippen LogP contribution in [-0.4, -0.2) is 12.6 Å². The normalized spacial score (nSPS) is 27.1. The third-order valence-electron chi connectivity index (χ3n) is 2.56. The number of rotatable bonds is 4. The number of allylic oxidation sites excluding steroid dienone is 1. The second-order valence-corrected chi connectivity index (χ2v) is 3.58. The van der Waals surface area contributed by atoms with E-state index in [0.717, 1.165) is 13.0 Å². The maximum atomic E-state index is 8.45. The molecule has 0 heterocycles. The van der Waals surface area contributed by atoms with E-state index >= 15 is 0 Å². The molecule has 0 bridgehead atoms. The van der Waals surface area contributed by atoms with Crippen molar-refractivity contribution in [2.45, 2.75) is 38.6 Å². The maximum absolute atomic E-state index is 8.45. The van der Waals surface area contributed by atoms with Crippen LogP contribution < -0.4 is 5.32 Å². The number of nitrogens with one attached hydrogen (secondary N) is 1. The first-order valence-electron chi connectivity index (χ1n) is 5.15. The van der Waals surface area contributed by atoms with Crippen LogP contribution >= 0.6 is 0 Å². The van der Waals surface area contributed by atoms with Crippen molar-refractivity contribution >= 4 is 0 Å². The highest BCUT2D eigenvalue weighted by atomic mass is 14.9. The lowest BCUT2D eigenvalue weighted by molar-refractivity contribution is 0.447. The van der Waals surface area contributed by atoms with Crippen LogP contribution in [0, 0.1) is 17.2 Å². The fourth-order valence-electron chi connectivity index (χ4n) is 1.80. The Morgan fingerprint density at radius 1 is 1.46 bits per heavy atom. The summed E-state index contributed by atoms with van der Waals surface area (Å²) in [6, 6.07) is 2.77. The fourth-order valence-corrected chi connectivity index (χ4v) is 1.80. The van der Waals surface area contributed by atoms with Crippen molar-refractivity contribution in [3.8, 4) is 6.07 Å². The van der Waals surface area contributed by atoms with Gasteiger partial charge in [0.1, 0.15) is 0 Å². The van der Waals surface area contributed by atoms with Gasteiger partial charge in [-0.05, 0) is 31.7 Å². The molecule has 0 saturated carbocycles. The number of nitrogens with zero attached hydrogens (tertiary/aromatic N) is 1. The Bertz CT molecular complexity index is 203. The highest BCUT2D eigenvalue weighted by Crippen LogP contribution is 2.21. The minimum atomic E-state index is 0.573. The van der Waals surface area contributed by atoms with E-state index in [-0.39, 0.29) is 0 Å². The average Bonchev–Trinajstić information content (AvgIpc) is 2.17. The molecule has 0 aliphatic heterocycles. The standard InChI is InChI=1S/C11H18N2/c1-2-13-11-7-5-10(6-8-11)4-3-9-12/h5,7,10-11,13H,2-4,6,8H2,1H3/t10-,11-/m1/s1. The Balaban J connectivity index is 2.26. The van der Waals surface area contributed by atoms with Crippen LogP contribution in [0.25, 0.3) is 0 Å². The molecule has 0 amide bonds. The largest absolute Gasteiger partial charge is 0.311 e. The zero-order chi connectivity index (χ0) is 9.52. The lowest BCUT2D eigenvalue weighted by Crippen LogP contribution is -2.29. The van der Waals surface area contributed by atoms with Gasteiger partial charge in [-0.3, -0.25) is 0 Å². The third kappa shape index (κ3) is 3.61. The monoisotopic (exact) mass is 178 g/mol. The maximum Gasteiger partial charge on any atom is 0.0621 e. The van der Waals surface area contributed by atoms with E-state index < -0.39 is 0 Å². The molecule has 0 aromatic carbocycles. The topological polar surface area (TPSA) is 35.8 Å². The first-order valence-corrected chi connectivity index (χ1v) is 5.15. The zero-order valence-electron chi connectivity index (χ0n) is 8.29. The van der Waals surface area contributed by atoms with Crippen molar-refractivity contribution in [2.24, 2.45) is 5.92 Å². The first kappa shape index (κ1) is 10.3. The molecule has 1 N–H and O–H groups in total. The summed E-state index contributed by atoms with van der Waals surface area (Å²) in [6.07, 6.45) is 8.71. The number of likely N-dealkylation sites (N-methyl/N-ethyl adjacent to an activating group) is 1. The van der Waals surface area contributed by atoms with Crippen molar-refractivity contribution in [1.82, 2.24) is 5.32 Å². The van der Waals surface area contributed by atoms with Gasteiger partial charge in [-0.15, -0.1) is 0 Å². The van der Waals surface area contributed by atoms with Gasteiger partial charge in [-0.25, -0.2) is 0 Å². The van der Waals surface area contributed by atoms with E-state index in [9.17, 15) is 0 Å². The Hall–Kier alpha value is -0.810. The number of nitriles is 1. The van der Waals surface area contributed by atoms with Crippen LogP contribution in [0.1, 0.15) is 32.6 Å². The molecule has 2 atom stereocenters. The molecule has 0 saturated heterocycles. The van der Waals surface area contributed by atoms with Gasteiger partial charge in [0.2, 0.25) is 0 Å². The molecule has 0 unspecified atom stereocenters. The van der Waals surface area contributed by atoms with E-state index in [0.29, 0.717) is 18.4 Å². The fraction of sp³-hybridized carbons (Fsp3) is 0.727. The molecule has 13 heavy (non-hydrogen) atoms. The quantitative estimate of drug-likeness (QED) is 0.670. The second-order valence-electron chi connectivity index (χ2n) is 3.58. The van der Waals surface area contributed by atoms with Crippen LogP contribution in [0.4, 0.5) is 0 Å². The molecule has 1 aliphatic carbocycles. The van der Waals surface area contributed by atoms with Gasteiger partial charge in [-0.1, -0.05) is 19.1 Å². The summed E-state index contributed by atoms with van der Waals surface area (Å²) in [7, 11) is 0. The highest BCUT2D eigenvalue weighted by Gasteiger charge is 2.13. The van der Waals surface area contributed by atoms with Crippen molar-refractivity contribution in [3.63, 3.8) is 0 Å². The molecule has 1 rings (SSSR count). The van der Waals surface area contributed by atoms with Gasteiger partial charge in [-0.2, -0.15) is 5.26 Å². The van der Waals surface area contributed by atoms with E-state index in [1.54, 1.807) is 0 Å². The SMILES string of the molecule is CCN[C@@H]1C=C[C@@H](CCC#N)CC1. The molecule has 0 aromatic heterocycles. The Morgan fingerprint density at radius 2 is 2.31 bits per heavy atom. The Morgan fingerprint density at radius 3 is 2.85 bits per heavy atom. The summed E-state index contributed by atoms with van der Waals surface area (Å²) in [5, 5.41) is 11.9. The summed E-state index contributed by atoms with van der Waals surface area (Å²) in [5.41, 5.74) is 0. The average molecular weight is 178 g/mol. The molecule has 2 nitrogen and oxygen atoms in total. The molecule has 0 fully saturated rings. The van der Waals surface area contributed by atoms with Crippen molar-refractivity contribution in [2.75, 3.05) is 6.54 Å². The highest BCUT2D eigenvalue weighted by molar-refractivity contribution is 5.02. The summed E-state index contributed by atoms with van der Waals surface area (Å²) >= 11 is 0. The van der Waals surface area contributed by atoms with E-state index in [2.05, 4.69) is 30.5 Å². The van der Waals surface area contributed by atoms with Gasteiger partial charge in [0.05, 0.1) is 6.07 Å². The minimum Gasteiger partial charge on any atom is -0.311 e. The Kier molecular flexibility index (Phi) is 4.56. The lowest BCUT2D eigenvalue weighted by Gasteiger charge is -2.22. The van der Waals surface area contributed by atoms with Crippen LogP contribution in [0.5, 0.6) is 0 Å². The Labute approximate surface area is 80.6 Å². The van der Waals surface area contributed by atoms with E-state index in [1.165, 1.54) is 12.8 Å². The van der Waals surface area contributed by atoms with E-state index in [1.807, 2.05) is 0 Å². The van der Waals surface area contributed by atoms with Gasteiger partial charge in [0.25, 0.3) is 0 Å².